The van der Waals surface area contributed by atoms with E-state index in [2.05, 4.69) is 6.92 Å². The SMILES string of the molecule is CCCOc1cccc(OCCCC(=O)CC)c1. The van der Waals surface area contributed by atoms with Crippen molar-refractivity contribution in [2.75, 3.05) is 13.2 Å². The van der Waals surface area contributed by atoms with Crippen LogP contribution < -0.4 is 9.47 Å². The van der Waals surface area contributed by atoms with Crippen molar-refractivity contribution in [3.63, 3.8) is 0 Å². The molecule has 1 aromatic carbocycles. The van der Waals surface area contributed by atoms with E-state index in [0.717, 1.165) is 24.3 Å². The van der Waals surface area contributed by atoms with Crippen molar-refractivity contribution in [3.05, 3.63) is 24.3 Å². The first-order valence-corrected chi connectivity index (χ1v) is 6.63. The highest BCUT2D eigenvalue weighted by Crippen LogP contribution is 2.19. The predicted molar refractivity (Wildman–Crippen MR) is 72.3 cm³/mol. The fraction of sp³-hybridized carbons (Fsp3) is 0.533. The minimum absolute atomic E-state index is 0.290. The van der Waals surface area contributed by atoms with Gasteiger partial charge in [0.2, 0.25) is 0 Å². The molecule has 1 rings (SSSR count). The number of carbonyl (C=O) groups excluding carboxylic acids is 1. The number of hydrogen-bond acceptors (Lipinski definition) is 3. The highest BCUT2D eigenvalue weighted by molar-refractivity contribution is 5.77. The topological polar surface area (TPSA) is 35.5 Å². The summed E-state index contributed by atoms with van der Waals surface area (Å²) in [4.78, 5) is 11.1. The molecule has 18 heavy (non-hydrogen) atoms. The van der Waals surface area contributed by atoms with Crippen molar-refractivity contribution in [2.45, 2.75) is 39.5 Å². The second-order valence-corrected chi connectivity index (χ2v) is 4.17. The molecule has 0 unspecified atom stereocenters. The van der Waals surface area contributed by atoms with Crippen molar-refractivity contribution in [3.8, 4) is 11.5 Å². The van der Waals surface area contributed by atoms with Crippen LogP contribution in [0.3, 0.4) is 0 Å². The lowest BCUT2D eigenvalue weighted by Crippen LogP contribution is -2.02. The minimum Gasteiger partial charge on any atom is -0.493 e. The number of rotatable bonds is 9. The van der Waals surface area contributed by atoms with Gasteiger partial charge in [-0.05, 0) is 25.0 Å². The number of ether oxygens (including phenoxy) is 2. The molecule has 100 valence electrons. The van der Waals surface area contributed by atoms with Crippen molar-refractivity contribution in [1.82, 2.24) is 0 Å². The summed E-state index contributed by atoms with van der Waals surface area (Å²) < 4.78 is 11.1. The van der Waals surface area contributed by atoms with Crippen LogP contribution in [0.15, 0.2) is 24.3 Å². The molecule has 0 fully saturated rings. The molecule has 0 bridgehead atoms. The predicted octanol–water partition coefficient (Wildman–Crippen LogP) is 3.61. The number of carbonyl (C=O) groups is 1. The Morgan fingerprint density at radius 2 is 1.78 bits per heavy atom. The van der Waals surface area contributed by atoms with E-state index in [-0.39, 0.29) is 0 Å². The van der Waals surface area contributed by atoms with Crippen LogP contribution in [0.1, 0.15) is 39.5 Å². The van der Waals surface area contributed by atoms with E-state index in [4.69, 9.17) is 9.47 Å². The average molecular weight is 250 g/mol. The third kappa shape index (κ3) is 5.71. The monoisotopic (exact) mass is 250 g/mol. The second kappa shape index (κ2) is 8.56. The van der Waals surface area contributed by atoms with E-state index in [1.807, 2.05) is 31.2 Å². The Kier molecular flexibility index (Phi) is 6.92. The molecule has 3 heteroatoms. The van der Waals surface area contributed by atoms with Crippen molar-refractivity contribution in [1.29, 1.82) is 0 Å². The summed E-state index contributed by atoms with van der Waals surface area (Å²) >= 11 is 0. The highest BCUT2D eigenvalue weighted by atomic mass is 16.5. The van der Waals surface area contributed by atoms with Gasteiger partial charge in [0.1, 0.15) is 17.3 Å². The lowest BCUT2D eigenvalue weighted by atomic mass is 10.2. The summed E-state index contributed by atoms with van der Waals surface area (Å²) in [6, 6.07) is 7.62. The Labute approximate surface area is 109 Å². The molecule has 0 saturated heterocycles. The molecule has 0 spiro atoms. The molecule has 3 nitrogen and oxygen atoms in total. The third-order valence-corrected chi connectivity index (χ3v) is 2.54. The van der Waals surface area contributed by atoms with Gasteiger partial charge in [0, 0.05) is 18.9 Å². The normalized spacial score (nSPS) is 10.1. The van der Waals surface area contributed by atoms with Crippen LogP contribution >= 0.6 is 0 Å². The number of ketones is 1. The maximum absolute atomic E-state index is 11.1. The zero-order chi connectivity index (χ0) is 13.2. The summed E-state index contributed by atoms with van der Waals surface area (Å²) in [5.41, 5.74) is 0. The van der Waals surface area contributed by atoms with Crippen molar-refractivity contribution >= 4 is 5.78 Å². The van der Waals surface area contributed by atoms with Crippen LogP contribution in [0.4, 0.5) is 0 Å². The molecule has 0 N–H and O–H groups in total. The molecular formula is C15H22O3. The molecule has 0 aromatic heterocycles. The van der Waals surface area contributed by atoms with Crippen molar-refractivity contribution < 1.29 is 14.3 Å². The first-order valence-electron chi connectivity index (χ1n) is 6.63. The summed E-state index contributed by atoms with van der Waals surface area (Å²) in [5.74, 6) is 1.92. The van der Waals surface area contributed by atoms with E-state index < -0.39 is 0 Å². The van der Waals surface area contributed by atoms with E-state index in [0.29, 0.717) is 31.8 Å². The Morgan fingerprint density at radius 1 is 1.11 bits per heavy atom. The van der Waals surface area contributed by atoms with Gasteiger partial charge < -0.3 is 9.47 Å². The molecule has 0 aliphatic heterocycles. The van der Waals surface area contributed by atoms with Crippen LogP contribution in [0, 0.1) is 0 Å². The summed E-state index contributed by atoms with van der Waals surface area (Å²) in [7, 11) is 0. The largest absolute Gasteiger partial charge is 0.493 e. The summed E-state index contributed by atoms with van der Waals surface area (Å²) in [6.45, 7) is 5.25. The van der Waals surface area contributed by atoms with Gasteiger partial charge in [0.05, 0.1) is 13.2 Å². The van der Waals surface area contributed by atoms with E-state index in [1.54, 1.807) is 0 Å². The van der Waals surface area contributed by atoms with Crippen LogP contribution in [0.2, 0.25) is 0 Å². The number of hydrogen-bond donors (Lipinski definition) is 0. The van der Waals surface area contributed by atoms with Gasteiger partial charge >= 0.3 is 0 Å². The average Bonchev–Trinajstić information content (AvgIpc) is 2.41. The van der Waals surface area contributed by atoms with E-state index >= 15 is 0 Å². The van der Waals surface area contributed by atoms with Crippen LogP contribution in [0.25, 0.3) is 0 Å². The van der Waals surface area contributed by atoms with Gasteiger partial charge in [0.15, 0.2) is 0 Å². The Balaban J connectivity index is 2.31. The number of benzene rings is 1. The molecule has 0 amide bonds. The molecule has 1 aromatic rings. The molecule has 0 radical (unpaired) electrons. The van der Waals surface area contributed by atoms with E-state index in [9.17, 15) is 4.79 Å². The van der Waals surface area contributed by atoms with Crippen molar-refractivity contribution in [2.24, 2.45) is 0 Å². The smallest absolute Gasteiger partial charge is 0.132 e. The second-order valence-electron chi connectivity index (χ2n) is 4.17. The Bertz CT molecular complexity index is 361. The van der Waals surface area contributed by atoms with E-state index in [1.165, 1.54) is 0 Å². The van der Waals surface area contributed by atoms with Crippen LogP contribution in [0.5, 0.6) is 11.5 Å². The molecule has 0 saturated carbocycles. The van der Waals surface area contributed by atoms with Gasteiger partial charge in [-0.1, -0.05) is 19.9 Å². The van der Waals surface area contributed by atoms with Gasteiger partial charge in [-0.3, -0.25) is 4.79 Å². The van der Waals surface area contributed by atoms with Gasteiger partial charge in [-0.15, -0.1) is 0 Å². The maximum atomic E-state index is 11.1. The quantitative estimate of drug-likeness (QED) is 0.628. The standard InChI is InChI=1S/C15H22O3/c1-3-10-17-14-8-5-9-15(12-14)18-11-6-7-13(16)4-2/h5,8-9,12H,3-4,6-7,10-11H2,1-2H3. The summed E-state index contributed by atoms with van der Waals surface area (Å²) in [6.07, 6.45) is 2.97. The zero-order valence-electron chi connectivity index (χ0n) is 11.3. The number of Topliss-reactive ketones (excluding diaryl/α,β-unsaturated/α-hetero) is 1. The van der Waals surface area contributed by atoms with Crippen LogP contribution in [-0.4, -0.2) is 19.0 Å². The lowest BCUT2D eigenvalue weighted by Gasteiger charge is -2.08. The highest BCUT2D eigenvalue weighted by Gasteiger charge is 2.00. The molecule has 0 atom stereocenters. The zero-order valence-corrected chi connectivity index (χ0v) is 11.3. The van der Waals surface area contributed by atoms with Gasteiger partial charge in [-0.2, -0.15) is 0 Å². The maximum Gasteiger partial charge on any atom is 0.132 e. The van der Waals surface area contributed by atoms with Gasteiger partial charge in [0.25, 0.3) is 0 Å². The Morgan fingerprint density at radius 3 is 2.39 bits per heavy atom. The molecule has 0 aliphatic rings. The Hall–Kier alpha value is -1.51. The first kappa shape index (κ1) is 14.6. The third-order valence-electron chi connectivity index (χ3n) is 2.54. The molecule has 0 heterocycles. The lowest BCUT2D eigenvalue weighted by molar-refractivity contribution is -0.118. The van der Waals surface area contributed by atoms with Crippen LogP contribution in [-0.2, 0) is 4.79 Å². The minimum atomic E-state index is 0.290. The summed E-state index contributed by atoms with van der Waals surface area (Å²) in [5, 5.41) is 0. The first-order chi connectivity index (χ1) is 8.76. The fourth-order valence-electron chi connectivity index (χ4n) is 1.51. The molecule has 0 aliphatic carbocycles. The molecular weight excluding hydrogens is 228 g/mol. The van der Waals surface area contributed by atoms with Gasteiger partial charge in [-0.25, -0.2) is 0 Å². The fourth-order valence-corrected chi connectivity index (χ4v) is 1.51.